The van der Waals surface area contributed by atoms with Gasteiger partial charge in [0, 0.05) is 5.69 Å². The van der Waals surface area contributed by atoms with Crippen molar-refractivity contribution in [1.29, 1.82) is 0 Å². The van der Waals surface area contributed by atoms with Gasteiger partial charge in [-0.05, 0) is 53.7 Å². The van der Waals surface area contributed by atoms with Crippen LogP contribution in [-0.2, 0) is 9.59 Å². The topological polar surface area (TPSA) is 105 Å². The van der Waals surface area contributed by atoms with Crippen LogP contribution in [0.2, 0.25) is 5.02 Å². The lowest BCUT2D eigenvalue weighted by Crippen LogP contribution is -2.36. The first-order valence-electron chi connectivity index (χ1n) is 8.58. The molecule has 1 heterocycles. The molecule has 1 aliphatic rings. The molecule has 2 N–H and O–H groups in total. The number of hydrogen-bond acceptors (Lipinski definition) is 7. The van der Waals surface area contributed by atoms with Crippen molar-refractivity contribution in [2.24, 2.45) is 0 Å². The number of aromatic hydroxyl groups is 1. The lowest BCUT2D eigenvalue weighted by Gasteiger charge is -2.13. The summed E-state index contributed by atoms with van der Waals surface area (Å²) in [6, 6.07) is 9.21. The Morgan fingerprint density at radius 2 is 1.90 bits per heavy atom. The van der Waals surface area contributed by atoms with E-state index in [0.29, 0.717) is 22.0 Å². The molecule has 2 aromatic carbocycles. The average molecular weight is 449 g/mol. The fourth-order valence-corrected chi connectivity index (χ4v) is 3.76. The summed E-state index contributed by atoms with van der Waals surface area (Å²) in [5.74, 6) is -0.485. The van der Waals surface area contributed by atoms with Crippen molar-refractivity contribution in [1.82, 2.24) is 4.90 Å². The summed E-state index contributed by atoms with van der Waals surface area (Å²) < 4.78 is 10.1. The van der Waals surface area contributed by atoms with Gasteiger partial charge in [-0.15, -0.1) is 0 Å². The lowest BCUT2D eigenvalue weighted by atomic mass is 10.2. The van der Waals surface area contributed by atoms with Crippen LogP contribution >= 0.6 is 23.4 Å². The van der Waals surface area contributed by atoms with Gasteiger partial charge in [-0.3, -0.25) is 19.3 Å². The SMILES string of the molecule is COc1cc(C=C2SC(=O)N(CC(=O)Nc3ccc(OC)c(Cl)c3)C2=O)ccc1O. The third kappa shape index (κ3) is 4.69. The number of imide groups is 1. The molecule has 0 bridgehead atoms. The number of halogens is 1. The number of nitrogens with zero attached hydrogens (tertiary/aromatic N) is 1. The van der Waals surface area contributed by atoms with Gasteiger partial charge in [0.2, 0.25) is 5.91 Å². The maximum absolute atomic E-state index is 12.6. The molecule has 1 aliphatic heterocycles. The molecule has 30 heavy (non-hydrogen) atoms. The van der Waals surface area contributed by atoms with E-state index in [9.17, 15) is 19.5 Å². The van der Waals surface area contributed by atoms with Crippen molar-refractivity contribution in [3.63, 3.8) is 0 Å². The monoisotopic (exact) mass is 448 g/mol. The smallest absolute Gasteiger partial charge is 0.294 e. The van der Waals surface area contributed by atoms with E-state index < -0.39 is 23.6 Å². The highest BCUT2D eigenvalue weighted by atomic mass is 35.5. The second kappa shape index (κ2) is 9.10. The van der Waals surface area contributed by atoms with E-state index >= 15 is 0 Å². The van der Waals surface area contributed by atoms with E-state index in [1.54, 1.807) is 18.2 Å². The zero-order valence-electron chi connectivity index (χ0n) is 16.0. The Hall–Kier alpha value is -3.17. The molecule has 1 fully saturated rings. The Kier molecular flexibility index (Phi) is 6.53. The maximum Gasteiger partial charge on any atom is 0.294 e. The fourth-order valence-electron chi connectivity index (χ4n) is 2.66. The van der Waals surface area contributed by atoms with Crippen molar-refractivity contribution in [2.75, 3.05) is 26.1 Å². The zero-order valence-corrected chi connectivity index (χ0v) is 17.5. The van der Waals surface area contributed by atoms with Gasteiger partial charge >= 0.3 is 0 Å². The largest absolute Gasteiger partial charge is 0.504 e. The van der Waals surface area contributed by atoms with Gasteiger partial charge in [0.15, 0.2) is 11.5 Å². The van der Waals surface area contributed by atoms with Crippen LogP contribution in [0, 0.1) is 0 Å². The van der Waals surface area contributed by atoms with Crippen LogP contribution in [-0.4, -0.2) is 47.8 Å². The molecule has 0 atom stereocenters. The first-order chi connectivity index (χ1) is 14.3. The Balaban J connectivity index is 1.70. The predicted molar refractivity (Wildman–Crippen MR) is 114 cm³/mol. The number of benzene rings is 2. The molecule has 0 aliphatic carbocycles. The second-order valence-corrected chi connectivity index (χ2v) is 7.50. The van der Waals surface area contributed by atoms with E-state index in [1.807, 2.05) is 0 Å². The lowest BCUT2D eigenvalue weighted by molar-refractivity contribution is -0.127. The van der Waals surface area contributed by atoms with Crippen molar-refractivity contribution < 1.29 is 29.0 Å². The Labute approximate surface area is 181 Å². The van der Waals surface area contributed by atoms with E-state index in [1.165, 1.54) is 38.5 Å². The van der Waals surface area contributed by atoms with E-state index in [4.69, 9.17) is 21.1 Å². The summed E-state index contributed by atoms with van der Waals surface area (Å²) in [5.41, 5.74) is 0.969. The molecule has 0 aromatic heterocycles. The van der Waals surface area contributed by atoms with Crippen LogP contribution in [0.5, 0.6) is 17.2 Å². The number of nitrogens with one attached hydrogen (secondary N) is 1. The predicted octanol–water partition coefficient (Wildman–Crippen LogP) is 3.74. The minimum Gasteiger partial charge on any atom is -0.504 e. The third-order valence-corrected chi connectivity index (χ3v) is 5.32. The summed E-state index contributed by atoms with van der Waals surface area (Å²) in [4.78, 5) is 38.1. The highest BCUT2D eigenvalue weighted by molar-refractivity contribution is 8.18. The van der Waals surface area contributed by atoms with Gasteiger partial charge in [-0.25, -0.2) is 0 Å². The molecule has 1 saturated heterocycles. The van der Waals surface area contributed by atoms with Gasteiger partial charge in [0.1, 0.15) is 12.3 Å². The maximum atomic E-state index is 12.6. The summed E-state index contributed by atoms with van der Waals surface area (Å²) in [6.45, 7) is -0.440. The van der Waals surface area contributed by atoms with Gasteiger partial charge in [0.05, 0.1) is 24.1 Å². The normalized spacial score (nSPS) is 14.9. The molecule has 8 nitrogen and oxygen atoms in total. The van der Waals surface area contributed by atoms with Crippen LogP contribution in [0.3, 0.4) is 0 Å². The van der Waals surface area contributed by atoms with Crippen molar-refractivity contribution in [3.05, 3.63) is 51.9 Å². The first kappa shape index (κ1) is 21.5. The summed E-state index contributed by atoms with van der Waals surface area (Å²) >= 11 is 6.75. The standard InChI is InChI=1S/C20H17ClN2O6S/c1-28-15-6-4-12(9-13(15)21)22-18(25)10-23-19(26)17(30-20(23)27)8-11-3-5-14(24)16(7-11)29-2/h3-9,24H,10H2,1-2H3,(H,22,25). The average Bonchev–Trinajstić information content (AvgIpc) is 2.97. The van der Waals surface area contributed by atoms with Gasteiger partial charge in [-0.1, -0.05) is 17.7 Å². The molecular formula is C20H17ClN2O6S. The molecule has 3 amide bonds. The summed E-state index contributed by atoms with van der Waals surface area (Å²) in [6.07, 6.45) is 1.49. The van der Waals surface area contributed by atoms with Crippen LogP contribution in [0.4, 0.5) is 10.5 Å². The van der Waals surface area contributed by atoms with Crippen LogP contribution in [0.15, 0.2) is 41.3 Å². The number of anilines is 1. The molecule has 0 saturated carbocycles. The van der Waals surface area contributed by atoms with Gasteiger partial charge in [0.25, 0.3) is 11.1 Å². The number of hydrogen-bond donors (Lipinski definition) is 2. The van der Waals surface area contributed by atoms with Crippen LogP contribution < -0.4 is 14.8 Å². The molecule has 156 valence electrons. The third-order valence-electron chi connectivity index (χ3n) is 4.11. The number of amides is 3. The number of methoxy groups -OCH3 is 2. The number of carbonyl (C=O) groups is 3. The van der Waals surface area contributed by atoms with E-state index in [2.05, 4.69) is 5.32 Å². The fraction of sp³-hybridized carbons (Fsp3) is 0.150. The summed E-state index contributed by atoms with van der Waals surface area (Å²) in [5, 5.41) is 12.0. The van der Waals surface area contributed by atoms with Crippen LogP contribution in [0.25, 0.3) is 6.08 Å². The van der Waals surface area contributed by atoms with Crippen LogP contribution in [0.1, 0.15) is 5.56 Å². The Morgan fingerprint density at radius 3 is 2.57 bits per heavy atom. The molecule has 0 unspecified atom stereocenters. The molecule has 3 rings (SSSR count). The molecule has 0 radical (unpaired) electrons. The Morgan fingerprint density at radius 1 is 1.17 bits per heavy atom. The number of rotatable bonds is 6. The highest BCUT2D eigenvalue weighted by Gasteiger charge is 2.36. The van der Waals surface area contributed by atoms with Gasteiger partial charge in [-0.2, -0.15) is 0 Å². The van der Waals surface area contributed by atoms with Crippen molar-refractivity contribution in [2.45, 2.75) is 0 Å². The number of phenols is 1. The molecular weight excluding hydrogens is 432 g/mol. The van der Waals surface area contributed by atoms with Crippen molar-refractivity contribution in [3.8, 4) is 17.2 Å². The highest BCUT2D eigenvalue weighted by Crippen LogP contribution is 2.34. The first-order valence-corrected chi connectivity index (χ1v) is 9.77. The second-order valence-electron chi connectivity index (χ2n) is 6.10. The number of thioether (sulfide) groups is 1. The number of carbonyl (C=O) groups excluding carboxylic acids is 3. The number of phenolic OH excluding ortho intramolecular Hbond substituents is 1. The minimum absolute atomic E-state index is 0.0435. The van der Waals surface area contributed by atoms with Crippen molar-refractivity contribution >= 4 is 52.2 Å². The molecule has 0 spiro atoms. The minimum atomic E-state index is -0.583. The van der Waals surface area contributed by atoms with E-state index in [-0.39, 0.29) is 16.4 Å². The summed E-state index contributed by atoms with van der Waals surface area (Å²) in [7, 11) is 2.88. The number of ether oxygens (including phenoxy) is 2. The quantitative estimate of drug-likeness (QED) is 0.648. The Bertz CT molecular complexity index is 1060. The van der Waals surface area contributed by atoms with Gasteiger partial charge < -0.3 is 19.9 Å². The zero-order chi connectivity index (χ0) is 21.8. The van der Waals surface area contributed by atoms with E-state index in [0.717, 1.165) is 16.7 Å². The molecule has 10 heteroatoms. The molecule has 2 aromatic rings.